The second-order valence-electron chi connectivity index (χ2n) is 3.48. The van der Waals surface area contributed by atoms with Gasteiger partial charge in [-0.1, -0.05) is 26.8 Å². The Kier molecular flexibility index (Phi) is 5.33. The maximum Gasteiger partial charge on any atom is 0.107 e. The first kappa shape index (κ1) is 13.4. The van der Waals surface area contributed by atoms with E-state index in [4.69, 9.17) is 5.73 Å². The highest BCUT2D eigenvalue weighted by Crippen LogP contribution is 2.18. The molecular weight excluding hydrogens is 212 g/mol. The zero-order valence-electron chi connectivity index (χ0n) is 10.8. The van der Waals surface area contributed by atoms with Crippen LogP contribution in [0, 0.1) is 0 Å². The summed E-state index contributed by atoms with van der Waals surface area (Å²) >= 11 is 0. The number of rotatable bonds is 2. The van der Waals surface area contributed by atoms with Gasteiger partial charge in [-0.15, -0.1) is 0 Å². The molecule has 1 aromatic heterocycles. The fraction of sp³-hybridized carbons (Fsp3) is 0.462. The number of allylic oxidation sites excluding steroid dienone is 1. The Labute approximate surface area is 103 Å². The van der Waals surface area contributed by atoms with Crippen molar-refractivity contribution in [2.45, 2.75) is 40.0 Å². The number of amidine groups is 1. The normalized spacial score (nSPS) is 14.3. The monoisotopic (exact) mass is 232 g/mol. The Morgan fingerprint density at radius 2 is 2.00 bits per heavy atom. The van der Waals surface area contributed by atoms with E-state index in [1.807, 2.05) is 19.9 Å². The van der Waals surface area contributed by atoms with Crippen molar-refractivity contribution in [2.24, 2.45) is 10.7 Å². The summed E-state index contributed by atoms with van der Waals surface area (Å²) in [5.41, 5.74) is 8.31. The highest BCUT2D eigenvalue weighted by Gasteiger charge is 2.07. The van der Waals surface area contributed by atoms with Gasteiger partial charge in [-0.25, -0.2) is 4.99 Å². The van der Waals surface area contributed by atoms with Crippen molar-refractivity contribution in [3.63, 3.8) is 0 Å². The van der Waals surface area contributed by atoms with Crippen molar-refractivity contribution >= 4 is 11.5 Å². The maximum atomic E-state index is 5.68. The summed E-state index contributed by atoms with van der Waals surface area (Å²) in [4.78, 5) is 12.9. The van der Waals surface area contributed by atoms with E-state index in [1.165, 1.54) is 0 Å². The van der Waals surface area contributed by atoms with E-state index in [0.29, 0.717) is 5.84 Å². The molecule has 0 spiro atoms. The van der Waals surface area contributed by atoms with E-state index in [9.17, 15) is 0 Å². The minimum absolute atomic E-state index is 0.675. The molecule has 0 amide bonds. The van der Waals surface area contributed by atoms with Crippen molar-refractivity contribution in [1.82, 2.24) is 9.97 Å². The summed E-state index contributed by atoms with van der Waals surface area (Å²) < 4.78 is 0. The molecular formula is C13H20N4. The molecule has 2 heterocycles. The molecule has 0 bridgehead atoms. The molecule has 1 aliphatic heterocycles. The van der Waals surface area contributed by atoms with Gasteiger partial charge in [-0.3, -0.25) is 9.97 Å². The zero-order chi connectivity index (χ0) is 12.7. The van der Waals surface area contributed by atoms with Crippen molar-refractivity contribution in [3.8, 4) is 0 Å². The Balaban J connectivity index is 0.000000686. The zero-order valence-corrected chi connectivity index (χ0v) is 10.8. The van der Waals surface area contributed by atoms with Crippen molar-refractivity contribution in [1.29, 1.82) is 0 Å². The van der Waals surface area contributed by atoms with Crippen LogP contribution in [0.4, 0.5) is 0 Å². The molecule has 0 unspecified atom stereocenters. The molecule has 0 aliphatic carbocycles. The van der Waals surface area contributed by atoms with Gasteiger partial charge in [0.15, 0.2) is 0 Å². The molecule has 17 heavy (non-hydrogen) atoms. The number of aliphatic imine (C=N–C) groups is 1. The van der Waals surface area contributed by atoms with Gasteiger partial charge >= 0.3 is 0 Å². The van der Waals surface area contributed by atoms with Gasteiger partial charge in [-0.05, 0) is 12.8 Å². The average molecular weight is 232 g/mol. The van der Waals surface area contributed by atoms with Crippen LogP contribution in [0.3, 0.4) is 0 Å². The number of hydrogen-bond acceptors (Lipinski definition) is 4. The molecule has 4 nitrogen and oxygen atoms in total. The number of hydrogen-bond donors (Lipinski definition) is 1. The molecule has 2 rings (SSSR count). The van der Waals surface area contributed by atoms with Gasteiger partial charge in [0.25, 0.3) is 0 Å². The van der Waals surface area contributed by atoms with Crippen molar-refractivity contribution in [3.05, 3.63) is 29.9 Å². The first-order chi connectivity index (χ1) is 8.29. The van der Waals surface area contributed by atoms with Crippen LogP contribution in [0.5, 0.6) is 0 Å². The molecule has 0 saturated heterocycles. The average Bonchev–Trinajstić information content (AvgIpc) is 2.41. The third kappa shape index (κ3) is 3.66. The van der Waals surface area contributed by atoms with E-state index in [2.05, 4.69) is 21.9 Å². The smallest absolute Gasteiger partial charge is 0.107 e. The van der Waals surface area contributed by atoms with Crippen LogP contribution in [0.25, 0.3) is 5.70 Å². The van der Waals surface area contributed by atoms with Crippen LogP contribution in [0.1, 0.15) is 45.0 Å². The van der Waals surface area contributed by atoms with Crippen molar-refractivity contribution < 1.29 is 0 Å². The minimum atomic E-state index is 0.675. The number of aryl methyl sites for hydroxylation is 1. The maximum absolute atomic E-state index is 5.68. The van der Waals surface area contributed by atoms with Gasteiger partial charge in [0.2, 0.25) is 0 Å². The highest BCUT2D eigenvalue weighted by molar-refractivity contribution is 5.88. The summed E-state index contributed by atoms with van der Waals surface area (Å²) in [5, 5.41) is 0. The number of nitrogens with zero attached hydrogens (tertiary/aromatic N) is 3. The van der Waals surface area contributed by atoms with Crippen LogP contribution >= 0.6 is 0 Å². The van der Waals surface area contributed by atoms with Gasteiger partial charge in [-0.2, -0.15) is 0 Å². The van der Waals surface area contributed by atoms with Gasteiger partial charge in [0.1, 0.15) is 5.69 Å². The van der Waals surface area contributed by atoms with Crippen molar-refractivity contribution in [2.75, 3.05) is 0 Å². The molecule has 0 aromatic carbocycles. The molecule has 2 N–H and O–H groups in total. The molecule has 92 valence electrons. The molecule has 1 aromatic rings. The largest absolute Gasteiger partial charge is 0.387 e. The lowest BCUT2D eigenvalue weighted by Crippen LogP contribution is -2.13. The lowest BCUT2D eigenvalue weighted by Gasteiger charge is -2.08. The van der Waals surface area contributed by atoms with Crippen LogP contribution in [0.15, 0.2) is 23.5 Å². The van der Waals surface area contributed by atoms with Crippen LogP contribution in [-0.4, -0.2) is 15.8 Å². The summed E-state index contributed by atoms with van der Waals surface area (Å²) in [6, 6.07) is 0. The first-order valence-corrected chi connectivity index (χ1v) is 6.14. The molecule has 0 atom stereocenters. The second kappa shape index (κ2) is 6.78. The Hall–Kier alpha value is -1.71. The summed E-state index contributed by atoms with van der Waals surface area (Å²) in [6.45, 7) is 6.06. The van der Waals surface area contributed by atoms with E-state index in [-0.39, 0.29) is 0 Å². The molecule has 0 saturated carbocycles. The lowest BCUT2D eigenvalue weighted by molar-refractivity contribution is 0.982. The molecule has 0 radical (unpaired) electrons. The predicted molar refractivity (Wildman–Crippen MR) is 71.6 cm³/mol. The lowest BCUT2D eigenvalue weighted by atomic mass is 10.1. The molecule has 4 heteroatoms. The fourth-order valence-electron chi connectivity index (χ4n) is 1.44. The van der Waals surface area contributed by atoms with E-state index in [1.54, 1.807) is 12.4 Å². The van der Waals surface area contributed by atoms with E-state index >= 15 is 0 Å². The van der Waals surface area contributed by atoms with E-state index < -0.39 is 0 Å². The summed E-state index contributed by atoms with van der Waals surface area (Å²) in [6.07, 6.45) is 8.26. The van der Waals surface area contributed by atoms with E-state index in [0.717, 1.165) is 36.3 Å². The third-order valence-electron chi connectivity index (χ3n) is 2.33. The molecule has 1 aliphatic rings. The fourth-order valence-corrected chi connectivity index (χ4v) is 1.44. The second-order valence-corrected chi connectivity index (χ2v) is 3.48. The summed E-state index contributed by atoms with van der Waals surface area (Å²) in [5.74, 6) is 0.675. The highest BCUT2D eigenvalue weighted by atomic mass is 14.9. The predicted octanol–water partition coefficient (Wildman–Crippen LogP) is 2.56. The summed E-state index contributed by atoms with van der Waals surface area (Å²) in [7, 11) is 0. The number of aromatic nitrogens is 2. The Morgan fingerprint density at radius 1 is 1.24 bits per heavy atom. The molecule has 0 fully saturated rings. The van der Waals surface area contributed by atoms with Gasteiger partial charge < -0.3 is 5.73 Å². The first-order valence-electron chi connectivity index (χ1n) is 6.14. The van der Waals surface area contributed by atoms with Crippen LogP contribution < -0.4 is 5.73 Å². The van der Waals surface area contributed by atoms with Crippen LogP contribution in [0.2, 0.25) is 0 Å². The Bertz CT molecular complexity index is 404. The minimum Gasteiger partial charge on any atom is -0.387 e. The Morgan fingerprint density at radius 3 is 2.53 bits per heavy atom. The number of nitrogens with two attached hydrogens (primary N) is 1. The van der Waals surface area contributed by atoms with Crippen LogP contribution in [-0.2, 0) is 6.42 Å². The SMILES string of the molecule is CC.CCc1cnc(C2=CCCC(N)=N2)cn1. The standard InChI is InChI=1S/C11H14N4.C2H6/c1-2-8-6-14-10(7-13-8)9-4-3-5-11(12)15-9;1-2/h4,6-7H,2-3,5H2,1H3,(H2,12,15);1-2H3. The van der Waals surface area contributed by atoms with Gasteiger partial charge in [0.05, 0.1) is 23.4 Å². The third-order valence-corrected chi connectivity index (χ3v) is 2.33. The topological polar surface area (TPSA) is 64.2 Å². The van der Waals surface area contributed by atoms with Gasteiger partial charge in [0, 0.05) is 12.6 Å². The quantitative estimate of drug-likeness (QED) is 0.852.